The number of fused-ring (bicyclic) bond motifs is 3. The number of Topliss-reactive ketones (excluding diaryl/α,β-unsaturated/α-hetero) is 1. The van der Waals surface area contributed by atoms with Gasteiger partial charge in [0.25, 0.3) is 11.8 Å². The van der Waals surface area contributed by atoms with E-state index in [0.717, 1.165) is 9.22 Å². The van der Waals surface area contributed by atoms with Crippen LogP contribution in [0, 0.1) is 5.08 Å². The number of hydrogen-bond acceptors (Lipinski definition) is 11. The van der Waals surface area contributed by atoms with E-state index in [1.807, 2.05) is 25.9 Å². The molecule has 1 saturated heterocycles. The molecule has 194 valence electrons. The number of rotatable bonds is 8. The minimum absolute atomic E-state index is 0.0502. The molecule has 0 aromatic heterocycles. The number of nitrogens with zero attached hydrogens (tertiary/aromatic N) is 1. The van der Waals surface area contributed by atoms with Crippen molar-refractivity contribution in [2.75, 3.05) is 13.1 Å². The van der Waals surface area contributed by atoms with E-state index >= 15 is 0 Å². The van der Waals surface area contributed by atoms with Crippen LogP contribution in [-0.2, 0) is 23.9 Å². The summed E-state index contributed by atoms with van der Waals surface area (Å²) in [6.45, 7) is 5.98. The number of hydrogen-bond donors (Lipinski definition) is 2. The third-order valence-corrected chi connectivity index (χ3v) is 13.6. The molecule has 0 radical (unpaired) electrons. The van der Waals surface area contributed by atoms with Gasteiger partial charge in [0.15, 0.2) is 5.78 Å². The number of unbranched alkanes of at least 4 members (excludes halogenated alkanes) is 1. The van der Waals surface area contributed by atoms with Gasteiger partial charge in [-0.1, -0.05) is 10.8 Å². The smallest absolute Gasteiger partial charge is 0.334 e. The molecular weight excluding hydrogens is 551 g/mol. The highest BCUT2D eigenvalue weighted by Gasteiger charge is 2.34. The van der Waals surface area contributed by atoms with Gasteiger partial charge in [0.2, 0.25) is 5.91 Å². The third-order valence-electron chi connectivity index (χ3n) is 4.83. The van der Waals surface area contributed by atoms with Gasteiger partial charge in [0, 0.05) is 31.7 Å². The normalized spacial score (nSPS) is 24.9. The van der Waals surface area contributed by atoms with E-state index in [1.165, 1.54) is 55.3 Å². The summed E-state index contributed by atoms with van der Waals surface area (Å²) in [5, 5.41) is 7.64. The van der Waals surface area contributed by atoms with Gasteiger partial charge >= 0.3 is 5.30 Å². The van der Waals surface area contributed by atoms with Crippen molar-refractivity contribution >= 4 is 86.8 Å². The summed E-state index contributed by atoms with van der Waals surface area (Å²) in [5.41, 5.74) is -0.597. The van der Waals surface area contributed by atoms with E-state index in [-0.39, 0.29) is 34.5 Å². The quantitative estimate of drug-likeness (QED) is 0.110. The summed E-state index contributed by atoms with van der Waals surface area (Å²) in [5.74, 6) is -0.944. The first kappa shape index (κ1) is 28.6. The van der Waals surface area contributed by atoms with Crippen molar-refractivity contribution in [1.82, 2.24) is 15.5 Å². The maximum atomic E-state index is 13.0. The second-order valence-corrected chi connectivity index (χ2v) is 15.8. The van der Waals surface area contributed by atoms with Crippen molar-refractivity contribution in [3.05, 3.63) is 17.2 Å². The fourth-order valence-electron chi connectivity index (χ4n) is 3.14. The maximum Gasteiger partial charge on any atom is 0.334 e. The van der Waals surface area contributed by atoms with Crippen LogP contribution in [0.25, 0.3) is 0 Å². The predicted octanol–water partition coefficient (Wildman–Crippen LogP) is 3.64. The van der Waals surface area contributed by atoms with E-state index in [4.69, 9.17) is 4.74 Å². The first-order valence-corrected chi connectivity index (χ1v) is 16.7. The molecule has 0 aliphatic carbocycles. The van der Waals surface area contributed by atoms with Crippen LogP contribution in [0.2, 0.25) is 0 Å². The zero-order chi connectivity index (χ0) is 25.6. The van der Waals surface area contributed by atoms with Gasteiger partial charge in [-0.25, -0.2) is 15.3 Å². The lowest BCUT2D eigenvalue weighted by atomic mass is 10.1. The number of ketones is 1. The molecule has 3 unspecified atom stereocenters. The number of carbonyl (C=O) groups excluding carboxylic acids is 5. The Kier molecular flexibility index (Phi) is 10.7. The molecule has 0 saturated carbocycles. The highest BCUT2D eigenvalue weighted by Crippen LogP contribution is 2.52. The molecule has 0 aromatic carbocycles. The molecule has 9 nitrogen and oxygen atoms in total. The van der Waals surface area contributed by atoms with Gasteiger partial charge in [0.05, 0.1) is 10.4 Å². The minimum Gasteiger partial charge on any atom is -0.454 e. The Morgan fingerprint density at radius 1 is 1.17 bits per heavy atom. The van der Waals surface area contributed by atoms with E-state index in [0.29, 0.717) is 25.8 Å². The Morgan fingerprint density at radius 3 is 2.57 bits per heavy atom. The molecule has 3 aliphatic rings. The van der Waals surface area contributed by atoms with E-state index in [2.05, 4.69) is 10.6 Å². The standard InChI is InChI=1S/C21H28N3O6S5/c1-21(2,3)30-20(29)35-12-31-32-18-17(28)13(23-19(35)34-33-18)6-4-5-10-22-14(25)9-11-24-15(26)7-8-16(24)27/h7-8,12-13,18,23H,4-6,9-11H2,1-3H3,(H,22,25)/q-1. The lowest BCUT2D eigenvalue weighted by Crippen LogP contribution is -2.40. The van der Waals surface area contributed by atoms with Crippen LogP contribution in [0.15, 0.2) is 12.2 Å². The zero-order valence-electron chi connectivity index (χ0n) is 19.6. The van der Waals surface area contributed by atoms with Gasteiger partial charge in [-0.3, -0.25) is 40.2 Å². The van der Waals surface area contributed by atoms with Crippen LogP contribution in [-0.4, -0.2) is 67.3 Å². The van der Waals surface area contributed by atoms with Crippen LogP contribution < -0.4 is 10.6 Å². The number of ether oxygens (including phenoxy) is 1. The third kappa shape index (κ3) is 8.56. The Morgan fingerprint density at radius 2 is 1.89 bits per heavy atom. The Hall–Kier alpha value is -0.930. The molecule has 2 bridgehead atoms. The number of imide groups is 1. The predicted molar refractivity (Wildman–Crippen MR) is 147 cm³/mol. The van der Waals surface area contributed by atoms with Crippen LogP contribution in [0.4, 0.5) is 4.79 Å². The maximum absolute atomic E-state index is 13.0. The topological polar surface area (TPSA) is 122 Å². The van der Waals surface area contributed by atoms with Crippen LogP contribution in [0.3, 0.4) is 0 Å². The van der Waals surface area contributed by atoms with Crippen LogP contribution >= 0.6 is 53.7 Å². The first-order chi connectivity index (χ1) is 16.5. The van der Waals surface area contributed by atoms with E-state index < -0.39 is 33.9 Å². The molecule has 0 spiro atoms. The summed E-state index contributed by atoms with van der Waals surface area (Å²) in [4.78, 5) is 62.0. The molecule has 1 fully saturated rings. The Bertz CT molecular complexity index is 930. The van der Waals surface area contributed by atoms with Crippen molar-refractivity contribution in [2.45, 2.75) is 62.7 Å². The number of carbonyl (C=O) groups is 5. The summed E-state index contributed by atoms with van der Waals surface area (Å²) in [6.07, 6.45) is 4.39. The monoisotopic (exact) mass is 578 g/mol. The average molecular weight is 579 g/mol. The summed E-state index contributed by atoms with van der Waals surface area (Å²) in [7, 11) is 4.86. The largest absolute Gasteiger partial charge is 0.454 e. The second-order valence-electron chi connectivity index (χ2n) is 8.75. The Labute approximate surface area is 223 Å². The lowest BCUT2D eigenvalue weighted by molar-refractivity contribution is -0.137. The van der Waals surface area contributed by atoms with Crippen molar-refractivity contribution in [2.24, 2.45) is 0 Å². The molecule has 3 heterocycles. The van der Waals surface area contributed by atoms with Crippen molar-refractivity contribution in [1.29, 1.82) is 0 Å². The first-order valence-electron chi connectivity index (χ1n) is 11.0. The zero-order valence-corrected chi connectivity index (χ0v) is 23.6. The molecule has 0 aromatic rings. The summed E-state index contributed by atoms with van der Waals surface area (Å²) < 4.78 is 6.09. The lowest BCUT2D eigenvalue weighted by Gasteiger charge is -2.28. The number of amides is 3. The molecule has 14 heteroatoms. The van der Waals surface area contributed by atoms with Crippen molar-refractivity contribution in [3.63, 3.8) is 0 Å². The van der Waals surface area contributed by atoms with Crippen LogP contribution in [0.1, 0.15) is 46.5 Å². The van der Waals surface area contributed by atoms with Gasteiger partial charge in [0.1, 0.15) is 10.2 Å². The molecule has 35 heavy (non-hydrogen) atoms. The molecular formula is C21H28N3O6S5-. The average Bonchev–Trinajstić information content (AvgIpc) is 3.02. The fourth-order valence-corrected chi connectivity index (χ4v) is 12.6. The highest BCUT2D eigenvalue weighted by atomic mass is 33.1. The SMILES string of the molecule is CC(C)(C)OC(=O)S1=C2NC(CCCCNC(=O)CCN3C(=O)C=CC3=O)C(=O)C(SS[CH-]1)SS2. The molecule has 2 N–H and O–H groups in total. The molecule has 3 aliphatic heterocycles. The highest BCUT2D eigenvalue weighted by molar-refractivity contribution is 8.92. The summed E-state index contributed by atoms with van der Waals surface area (Å²) >= 11 is 0. The summed E-state index contributed by atoms with van der Waals surface area (Å²) in [6, 6.07) is -0.412. The Balaban J connectivity index is 1.47. The van der Waals surface area contributed by atoms with Gasteiger partial charge in [-0.15, -0.1) is 10.8 Å². The van der Waals surface area contributed by atoms with E-state index in [1.54, 1.807) is 0 Å². The minimum atomic E-state index is -0.897. The number of nitrogens with one attached hydrogen (secondary N) is 2. The van der Waals surface area contributed by atoms with Crippen LogP contribution in [0.5, 0.6) is 0 Å². The molecule has 3 atom stereocenters. The second kappa shape index (κ2) is 13.0. The molecule has 3 amide bonds. The van der Waals surface area contributed by atoms with E-state index in [9.17, 15) is 24.0 Å². The van der Waals surface area contributed by atoms with Gasteiger partial charge in [-0.2, -0.15) is 5.08 Å². The van der Waals surface area contributed by atoms with Crippen molar-refractivity contribution < 1.29 is 28.7 Å². The van der Waals surface area contributed by atoms with Crippen molar-refractivity contribution in [3.8, 4) is 0 Å². The fraction of sp³-hybridized carbons (Fsp3) is 0.571. The van der Waals surface area contributed by atoms with Gasteiger partial charge < -0.3 is 10.1 Å². The van der Waals surface area contributed by atoms with Gasteiger partial charge in [-0.05, 0) is 50.8 Å². The molecule has 3 rings (SSSR count).